The van der Waals surface area contributed by atoms with Crippen molar-refractivity contribution >= 4 is 5.97 Å². The van der Waals surface area contributed by atoms with Crippen LogP contribution in [0.5, 0.6) is 0 Å². The fourth-order valence-corrected chi connectivity index (χ4v) is 4.13. The van der Waals surface area contributed by atoms with E-state index in [1.165, 1.54) is 41.5 Å². The number of rotatable bonds is 5. The second-order valence-corrected chi connectivity index (χ2v) is 7.01. The van der Waals surface area contributed by atoms with E-state index in [1.807, 2.05) is 0 Å². The van der Waals surface area contributed by atoms with Crippen molar-refractivity contribution in [3.63, 3.8) is 0 Å². The Labute approximate surface area is 128 Å². The fourth-order valence-electron chi connectivity index (χ4n) is 4.13. The molecule has 0 saturated heterocycles. The van der Waals surface area contributed by atoms with Gasteiger partial charge >= 0.3 is 5.97 Å². The molecule has 0 atom stereocenters. The number of hydrogen-bond acceptors (Lipinski definition) is 1. The van der Waals surface area contributed by atoms with Gasteiger partial charge in [0.1, 0.15) is 0 Å². The van der Waals surface area contributed by atoms with Crippen LogP contribution in [0.15, 0.2) is 12.1 Å². The maximum atomic E-state index is 11.3. The third-order valence-corrected chi connectivity index (χ3v) is 5.19. The van der Waals surface area contributed by atoms with E-state index >= 15 is 0 Å². The average Bonchev–Trinajstić information content (AvgIpc) is 2.37. The van der Waals surface area contributed by atoms with E-state index in [1.54, 1.807) is 0 Å². The quantitative estimate of drug-likeness (QED) is 0.830. The van der Waals surface area contributed by atoms with E-state index in [0.29, 0.717) is 6.42 Å². The van der Waals surface area contributed by atoms with Crippen LogP contribution in [0.25, 0.3) is 0 Å². The van der Waals surface area contributed by atoms with Crippen LogP contribution < -0.4 is 0 Å². The van der Waals surface area contributed by atoms with Crippen LogP contribution in [-0.2, 0) is 11.2 Å². The van der Waals surface area contributed by atoms with Gasteiger partial charge in [0.25, 0.3) is 0 Å². The molecule has 1 aromatic carbocycles. The molecule has 0 aromatic heterocycles. The highest BCUT2D eigenvalue weighted by atomic mass is 16.4. The predicted octanol–water partition coefficient (Wildman–Crippen LogP) is 4.97. The zero-order chi connectivity index (χ0) is 15.5. The van der Waals surface area contributed by atoms with E-state index in [4.69, 9.17) is 0 Å². The first-order valence-corrected chi connectivity index (χ1v) is 8.20. The number of hydrogen-bond donors (Lipinski definition) is 1. The number of carboxylic acids is 1. The van der Waals surface area contributed by atoms with Crippen LogP contribution in [-0.4, -0.2) is 11.1 Å². The lowest BCUT2D eigenvalue weighted by molar-refractivity contribution is -0.140. The van der Waals surface area contributed by atoms with E-state index in [2.05, 4.69) is 32.9 Å². The Hall–Kier alpha value is -1.31. The molecule has 116 valence electrons. The first-order chi connectivity index (χ1) is 9.92. The molecule has 0 spiro atoms. The summed E-state index contributed by atoms with van der Waals surface area (Å²) in [4.78, 5) is 11.3. The normalized spacial score (nSPS) is 17.7. The number of aliphatic carboxylic acids is 1. The summed E-state index contributed by atoms with van der Waals surface area (Å²) >= 11 is 0. The number of aryl methyl sites for hydroxylation is 3. The zero-order valence-corrected chi connectivity index (χ0v) is 13.7. The minimum atomic E-state index is -0.630. The van der Waals surface area contributed by atoms with Gasteiger partial charge < -0.3 is 5.11 Å². The van der Waals surface area contributed by atoms with Crippen molar-refractivity contribution in [1.29, 1.82) is 0 Å². The number of carbonyl (C=O) groups is 1. The summed E-state index contributed by atoms with van der Waals surface area (Å²) < 4.78 is 0. The molecular formula is C19H28O2. The summed E-state index contributed by atoms with van der Waals surface area (Å²) in [5.41, 5.74) is 5.48. The molecule has 1 aliphatic carbocycles. The Balaban J connectivity index is 2.13. The predicted molar refractivity (Wildman–Crippen MR) is 86.7 cm³/mol. The summed E-state index contributed by atoms with van der Waals surface area (Å²) in [7, 11) is 0. The summed E-state index contributed by atoms with van der Waals surface area (Å²) in [6.45, 7) is 6.50. The van der Waals surface area contributed by atoms with Gasteiger partial charge in [0.15, 0.2) is 0 Å². The first-order valence-electron chi connectivity index (χ1n) is 8.20. The molecule has 1 aliphatic rings. The van der Waals surface area contributed by atoms with Crippen molar-refractivity contribution < 1.29 is 9.90 Å². The molecule has 0 amide bonds. The second-order valence-electron chi connectivity index (χ2n) is 7.01. The van der Waals surface area contributed by atoms with Crippen molar-refractivity contribution in [3.8, 4) is 0 Å². The van der Waals surface area contributed by atoms with Gasteiger partial charge in [0.2, 0.25) is 0 Å². The zero-order valence-electron chi connectivity index (χ0n) is 13.7. The van der Waals surface area contributed by atoms with Crippen molar-refractivity contribution in [2.45, 2.75) is 72.1 Å². The van der Waals surface area contributed by atoms with Gasteiger partial charge in [-0.15, -0.1) is 0 Å². The molecule has 0 unspecified atom stereocenters. The Morgan fingerprint density at radius 2 is 1.67 bits per heavy atom. The van der Waals surface area contributed by atoms with Crippen LogP contribution >= 0.6 is 0 Å². The summed E-state index contributed by atoms with van der Waals surface area (Å²) in [6.07, 6.45) is 8.21. The van der Waals surface area contributed by atoms with Gasteiger partial charge in [-0.2, -0.15) is 0 Å². The molecule has 1 N–H and O–H groups in total. The maximum Gasteiger partial charge on any atom is 0.303 e. The fraction of sp³-hybridized carbons (Fsp3) is 0.632. The van der Waals surface area contributed by atoms with E-state index in [-0.39, 0.29) is 5.41 Å². The lowest BCUT2D eigenvalue weighted by Gasteiger charge is -2.36. The number of benzene rings is 1. The van der Waals surface area contributed by atoms with Gasteiger partial charge in [-0.25, -0.2) is 0 Å². The lowest BCUT2D eigenvalue weighted by Crippen LogP contribution is -2.28. The van der Waals surface area contributed by atoms with E-state index in [9.17, 15) is 9.90 Å². The Morgan fingerprint density at radius 1 is 1.10 bits per heavy atom. The highest BCUT2D eigenvalue weighted by Gasteiger charge is 2.34. The van der Waals surface area contributed by atoms with Crippen LogP contribution in [0.3, 0.4) is 0 Å². The van der Waals surface area contributed by atoms with Crippen LogP contribution in [0.4, 0.5) is 0 Å². The Morgan fingerprint density at radius 3 is 2.19 bits per heavy atom. The molecule has 0 radical (unpaired) electrons. The molecule has 2 nitrogen and oxygen atoms in total. The van der Waals surface area contributed by atoms with Crippen LogP contribution in [0.2, 0.25) is 0 Å². The molecule has 2 rings (SSSR count). The molecule has 2 heteroatoms. The van der Waals surface area contributed by atoms with Crippen LogP contribution in [0, 0.1) is 26.2 Å². The van der Waals surface area contributed by atoms with Gasteiger partial charge in [-0.1, -0.05) is 37.0 Å². The third kappa shape index (κ3) is 4.09. The first kappa shape index (κ1) is 16.1. The van der Waals surface area contributed by atoms with Crippen molar-refractivity contribution in [1.82, 2.24) is 0 Å². The molecule has 0 aliphatic heterocycles. The molecule has 0 bridgehead atoms. The Kier molecular flexibility index (Phi) is 5.08. The van der Waals surface area contributed by atoms with Crippen molar-refractivity contribution in [3.05, 3.63) is 34.4 Å². The third-order valence-electron chi connectivity index (χ3n) is 5.19. The van der Waals surface area contributed by atoms with Gasteiger partial charge in [0.05, 0.1) is 6.42 Å². The van der Waals surface area contributed by atoms with E-state index < -0.39 is 5.97 Å². The molecule has 0 heterocycles. The van der Waals surface area contributed by atoms with Gasteiger partial charge in [-0.3, -0.25) is 4.79 Å². The highest BCUT2D eigenvalue weighted by molar-refractivity contribution is 5.67. The highest BCUT2D eigenvalue weighted by Crippen LogP contribution is 2.43. The summed E-state index contributed by atoms with van der Waals surface area (Å²) in [6, 6.07) is 4.49. The summed E-state index contributed by atoms with van der Waals surface area (Å²) in [5.74, 6) is -0.630. The molecule has 1 fully saturated rings. The van der Waals surface area contributed by atoms with Crippen LogP contribution in [0.1, 0.15) is 67.2 Å². The largest absolute Gasteiger partial charge is 0.481 e. The number of carboxylic acid groups (broad SMARTS) is 1. The smallest absolute Gasteiger partial charge is 0.303 e. The van der Waals surface area contributed by atoms with Gasteiger partial charge in [0, 0.05) is 0 Å². The average molecular weight is 288 g/mol. The monoisotopic (exact) mass is 288 g/mol. The second kappa shape index (κ2) is 6.64. The minimum Gasteiger partial charge on any atom is -0.481 e. The molecule has 21 heavy (non-hydrogen) atoms. The molecule has 1 aromatic rings. The molecule has 1 saturated carbocycles. The van der Waals surface area contributed by atoms with E-state index in [0.717, 1.165) is 25.7 Å². The minimum absolute atomic E-state index is 0.0356. The Bertz CT molecular complexity index is 487. The maximum absolute atomic E-state index is 11.3. The van der Waals surface area contributed by atoms with Crippen molar-refractivity contribution in [2.24, 2.45) is 5.41 Å². The summed E-state index contributed by atoms with van der Waals surface area (Å²) in [5, 5.41) is 9.27. The lowest BCUT2D eigenvalue weighted by atomic mass is 9.68. The standard InChI is InChI=1S/C19H28O2/c1-14-11-15(2)17(16(3)12-14)7-10-19(13-18(20)21)8-5-4-6-9-19/h11-12H,4-10,13H2,1-3H3,(H,20,21). The SMILES string of the molecule is Cc1cc(C)c(CCC2(CC(=O)O)CCCCC2)c(C)c1. The topological polar surface area (TPSA) is 37.3 Å². The molecular weight excluding hydrogens is 260 g/mol. The van der Waals surface area contributed by atoms with Gasteiger partial charge in [-0.05, 0) is 68.6 Å². The van der Waals surface area contributed by atoms with Crippen molar-refractivity contribution in [2.75, 3.05) is 0 Å².